The van der Waals surface area contributed by atoms with Crippen LogP contribution in [0.15, 0.2) is 30.3 Å². The molecule has 0 bridgehead atoms. The SMILES string of the molecule is CC(=O)c1cc(C(C)(C)C)cc2c1OC(C)C2(C)C.CC1Oc2ccc(C(C)(C)C)cc2C1(C)C. The molecule has 2 unspecified atom stereocenters. The topological polar surface area (TPSA) is 35.5 Å². The van der Waals surface area contributed by atoms with Gasteiger partial charge in [-0.1, -0.05) is 87.4 Å². The quantitative estimate of drug-likeness (QED) is 0.387. The van der Waals surface area contributed by atoms with E-state index in [2.05, 4.69) is 107 Å². The first-order valence-electron chi connectivity index (χ1n) is 13.0. The van der Waals surface area contributed by atoms with Crippen molar-refractivity contribution >= 4 is 5.78 Å². The zero-order valence-electron chi connectivity index (χ0n) is 24.3. The van der Waals surface area contributed by atoms with Gasteiger partial charge in [0.05, 0.1) is 5.56 Å². The summed E-state index contributed by atoms with van der Waals surface area (Å²) in [6.07, 6.45) is 0.355. The van der Waals surface area contributed by atoms with Gasteiger partial charge in [0.15, 0.2) is 5.78 Å². The van der Waals surface area contributed by atoms with Gasteiger partial charge in [0.25, 0.3) is 0 Å². The zero-order chi connectivity index (χ0) is 26.7. The number of ketones is 1. The molecule has 3 nitrogen and oxygen atoms in total. The first-order valence-corrected chi connectivity index (χ1v) is 13.0. The van der Waals surface area contributed by atoms with E-state index in [1.54, 1.807) is 6.92 Å². The van der Waals surface area contributed by atoms with Crippen LogP contribution in [0.2, 0.25) is 0 Å². The predicted molar refractivity (Wildman–Crippen MR) is 147 cm³/mol. The predicted octanol–water partition coefficient (Wildman–Crippen LogP) is 8.29. The molecule has 0 saturated carbocycles. The van der Waals surface area contributed by atoms with Crippen LogP contribution in [-0.4, -0.2) is 18.0 Å². The minimum atomic E-state index is -0.0548. The average molecular weight is 479 g/mol. The highest BCUT2D eigenvalue weighted by Gasteiger charge is 2.41. The molecule has 0 N–H and O–H groups in total. The maximum absolute atomic E-state index is 11.9. The van der Waals surface area contributed by atoms with Gasteiger partial charge in [-0.25, -0.2) is 0 Å². The molecule has 2 atom stereocenters. The van der Waals surface area contributed by atoms with Crippen molar-refractivity contribution in [2.75, 3.05) is 0 Å². The summed E-state index contributed by atoms with van der Waals surface area (Å²) in [5, 5.41) is 0. The normalized spacial score (nSPS) is 21.7. The second kappa shape index (κ2) is 8.68. The number of benzene rings is 2. The minimum Gasteiger partial charge on any atom is -0.490 e. The highest BCUT2D eigenvalue weighted by atomic mass is 16.5. The third-order valence-electron chi connectivity index (χ3n) is 8.20. The van der Waals surface area contributed by atoms with Crippen LogP contribution in [0.25, 0.3) is 0 Å². The molecule has 2 heterocycles. The average Bonchev–Trinajstić information content (AvgIpc) is 3.08. The van der Waals surface area contributed by atoms with Crippen molar-refractivity contribution in [3.05, 3.63) is 58.1 Å². The van der Waals surface area contributed by atoms with Gasteiger partial charge in [-0.15, -0.1) is 0 Å². The Morgan fingerprint density at radius 2 is 1.23 bits per heavy atom. The maximum atomic E-state index is 11.9. The fourth-order valence-corrected chi connectivity index (χ4v) is 4.63. The number of carbonyl (C=O) groups is 1. The van der Waals surface area contributed by atoms with E-state index in [1.807, 2.05) is 6.07 Å². The summed E-state index contributed by atoms with van der Waals surface area (Å²) in [7, 11) is 0. The zero-order valence-corrected chi connectivity index (χ0v) is 24.3. The van der Waals surface area contributed by atoms with Crippen molar-refractivity contribution in [2.45, 2.75) is 124 Å². The van der Waals surface area contributed by atoms with Crippen LogP contribution in [0.1, 0.15) is 123 Å². The highest BCUT2D eigenvalue weighted by Crippen LogP contribution is 2.47. The van der Waals surface area contributed by atoms with E-state index in [0.29, 0.717) is 0 Å². The smallest absolute Gasteiger partial charge is 0.163 e. The van der Waals surface area contributed by atoms with Crippen LogP contribution in [0.5, 0.6) is 11.5 Å². The van der Waals surface area contributed by atoms with E-state index >= 15 is 0 Å². The third-order valence-corrected chi connectivity index (χ3v) is 8.20. The number of ether oxygens (including phenoxy) is 2. The van der Waals surface area contributed by atoms with Gasteiger partial charge in [0.1, 0.15) is 23.7 Å². The molecule has 2 aliphatic rings. The van der Waals surface area contributed by atoms with Gasteiger partial charge < -0.3 is 9.47 Å². The molecule has 0 aromatic heterocycles. The summed E-state index contributed by atoms with van der Waals surface area (Å²) < 4.78 is 11.9. The fourth-order valence-electron chi connectivity index (χ4n) is 4.63. The van der Waals surface area contributed by atoms with Gasteiger partial charge >= 0.3 is 0 Å². The van der Waals surface area contributed by atoms with Gasteiger partial charge in [0, 0.05) is 22.0 Å². The molecule has 2 aromatic carbocycles. The molecule has 2 aliphatic heterocycles. The lowest BCUT2D eigenvalue weighted by Gasteiger charge is -2.25. The molecule has 3 heteroatoms. The van der Waals surface area contributed by atoms with E-state index in [1.165, 1.54) is 16.7 Å². The van der Waals surface area contributed by atoms with Gasteiger partial charge in [-0.2, -0.15) is 0 Å². The van der Waals surface area contributed by atoms with Crippen molar-refractivity contribution in [2.24, 2.45) is 0 Å². The van der Waals surface area contributed by atoms with Crippen LogP contribution in [0, 0.1) is 0 Å². The van der Waals surface area contributed by atoms with Crippen LogP contribution >= 0.6 is 0 Å². The van der Waals surface area contributed by atoms with E-state index in [-0.39, 0.29) is 39.7 Å². The molecule has 192 valence electrons. The van der Waals surface area contributed by atoms with Gasteiger partial charge in [-0.3, -0.25) is 4.79 Å². The summed E-state index contributed by atoms with van der Waals surface area (Å²) in [6.45, 7) is 28.0. The number of fused-ring (bicyclic) bond motifs is 2. The molecule has 0 aliphatic carbocycles. The highest BCUT2D eigenvalue weighted by molar-refractivity contribution is 5.98. The van der Waals surface area contributed by atoms with E-state index in [0.717, 1.165) is 22.6 Å². The van der Waals surface area contributed by atoms with Crippen molar-refractivity contribution in [3.8, 4) is 11.5 Å². The molecule has 0 spiro atoms. The molecule has 0 radical (unpaired) electrons. The summed E-state index contributed by atoms with van der Waals surface area (Å²) in [5.41, 5.74) is 6.12. The number of hydrogen-bond acceptors (Lipinski definition) is 3. The molecule has 0 fully saturated rings. The molecule has 0 saturated heterocycles. The number of hydrogen-bond donors (Lipinski definition) is 0. The Hall–Kier alpha value is -2.29. The summed E-state index contributed by atoms with van der Waals surface area (Å²) >= 11 is 0. The van der Waals surface area contributed by atoms with Crippen molar-refractivity contribution in [3.63, 3.8) is 0 Å². The molecule has 0 amide bonds. The number of Topliss-reactive ketones (excluding diaryl/α,β-unsaturated/α-hetero) is 1. The Kier molecular flexibility index (Phi) is 6.77. The van der Waals surface area contributed by atoms with E-state index in [4.69, 9.17) is 9.47 Å². The summed E-state index contributed by atoms with van der Waals surface area (Å²) in [5.74, 6) is 1.93. The lowest BCUT2D eigenvalue weighted by molar-refractivity contribution is 0.101. The van der Waals surface area contributed by atoms with Crippen LogP contribution in [-0.2, 0) is 21.7 Å². The lowest BCUT2D eigenvalue weighted by Crippen LogP contribution is -2.29. The number of rotatable bonds is 1. The Bertz CT molecular complexity index is 1120. The Balaban J connectivity index is 0.000000198. The summed E-state index contributed by atoms with van der Waals surface area (Å²) in [6, 6.07) is 10.8. The standard InChI is InChI=1S/C17H24O2.C15H22O/c1-10(18)13-8-12(16(3,4)5)9-14-15(13)19-11(2)17(14,6)7;1-10-15(5,6)12-9-11(14(2,3)4)7-8-13(12)16-10/h8-9,11H,1-7H3;7-10H,1-6H3. The van der Waals surface area contributed by atoms with E-state index < -0.39 is 0 Å². The Labute approximate surface area is 213 Å². The summed E-state index contributed by atoms with van der Waals surface area (Å²) in [4.78, 5) is 11.9. The van der Waals surface area contributed by atoms with Crippen LogP contribution < -0.4 is 9.47 Å². The molecular formula is C32H46O3. The Morgan fingerprint density at radius 3 is 1.74 bits per heavy atom. The first-order chi connectivity index (χ1) is 15.8. The van der Waals surface area contributed by atoms with Crippen molar-refractivity contribution in [1.29, 1.82) is 0 Å². The molecular weight excluding hydrogens is 432 g/mol. The number of carbonyl (C=O) groups excluding carboxylic acids is 1. The maximum Gasteiger partial charge on any atom is 0.163 e. The van der Waals surface area contributed by atoms with Gasteiger partial charge in [0.2, 0.25) is 0 Å². The second-order valence-electron chi connectivity index (χ2n) is 13.6. The molecule has 4 rings (SSSR count). The monoisotopic (exact) mass is 478 g/mol. The van der Waals surface area contributed by atoms with Crippen molar-refractivity contribution in [1.82, 2.24) is 0 Å². The largest absolute Gasteiger partial charge is 0.490 e. The molecule has 35 heavy (non-hydrogen) atoms. The van der Waals surface area contributed by atoms with Crippen LogP contribution in [0.3, 0.4) is 0 Å². The van der Waals surface area contributed by atoms with Crippen molar-refractivity contribution < 1.29 is 14.3 Å². The lowest BCUT2D eigenvalue weighted by atomic mass is 9.77. The minimum absolute atomic E-state index is 0.0289. The van der Waals surface area contributed by atoms with Crippen LogP contribution in [0.4, 0.5) is 0 Å². The fraction of sp³-hybridized carbons (Fsp3) is 0.594. The van der Waals surface area contributed by atoms with Gasteiger partial charge in [-0.05, 0) is 54.9 Å². The Morgan fingerprint density at radius 1 is 0.743 bits per heavy atom. The molecule has 2 aromatic rings. The first kappa shape index (κ1) is 27.3. The third kappa shape index (κ3) is 5.01. The van der Waals surface area contributed by atoms with E-state index in [9.17, 15) is 4.79 Å². The second-order valence-corrected chi connectivity index (χ2v) is 13.6.